The van der Waals surface area contributed by atoms with Crippen molar-refractivity contribution in [3.05, 3.63) is 0 Å². The van der Waals surface area contributed by atoms with Crippen molar-refractivity contribution in [2.45, 2.75) is 0 Å². The van der Waals surface area contributed by atoms with Crippen molar-refractivity contribution in [1.29, 1.82) is 0 Å². The molecule has 3 heteroatoms. The molecule has 0 aromatic heterocycles. The maximum absolute atomic E-state index is 2.12. The predicted octanol–water partition coefficient (Wildman–Crippen LogP) is -0.771. The second-order valence-corrected chi connectivity index (χ2v) is 2.68. The first-order chi connectivity index (χ1) is 2.00. The van der Waals surface area contributed by atoms with Crippen LogP contribution in [-0.4, -0.2) is 65.4 Å². The second kappa shape index (κ2) is 4.99. The van der Waals surface area contributed by atoms with Gasteiger partial charge in [0.25, 0.3) is 0 Å². The molecule has 0 unspecified atom stereocenters. The molecule has 0 atom stereocenters. The number of rotatable bonds is 0. The van der Waals surface area contributed by atoms with Gasteiger partial charge >= 0.3 is 27.3 Å². The molecule has 0 aliphatic heterocycles. The predicted molar refractivity (Wildman–Crippen MR) is 34.4 cm³/mol. The molecule has 0 heterocycles. The zero-order chi connectivity index (χ0) is 4.50. The molecule has 0 aromatic carbocycles. The molecule has 0 fully saturated rings. The van der Waals surface area contributed by atoms with E-state index < -0.39 is 0 Å². The molecule has 7 heavy (non-hydrogen) atoms. The Bertz CT molecular complexity index is 27.2. The third kappa shape index (κ3) is 226. The Hall–Kier alpha value is 0.842. The Kier molecular flexibility index (Phi) is 11.2. The number of hydrogen-bond acceptors (Lipinski definition) is 1. The van der Waals surface area contributed by atoms with Crippen molar-refractivity contribution in [2.24, 2.45) is 0 Å². The van der Waals surface area contributed by atoms with E-state index in [9.17, 15) is 0 Å². The van der Waals surface area contributed by atoms with E-state index in [0.717, 1.165) is 4.48 Å². The molecule has 0 spiro atoms. The van der Waals surface area contributed by atoms with Gasteiger partial charge in [-0.15, -0.1) is 0 Å². The summed E-state index contributed by atoms with van der Waals surface area (Å²) in [6, 6.07) is 0. The molecule has 0 rings (SSSR count). The van der Waals surface area contributed by atoms with Gasteiger partial charge in [-0.3, -0.25) is 0 Å². The number of nitrogens with zero attached hydrogens (tertiary/aromatic N) is 1. The summed E-state index contributed by atoms with van der Waals surface area (Å²) in [6.45, 7) is 0. The summed E-state index contributed by atoms with van der Waals surface area (Å²) in [5.41, 5.74) is 0. The molecule has 46 valence electrons. The summed E-state index contributed by atoms with van der Waals surface area (Å²) in [6.07, 6.45) is 0. The molecule has 0 saturated heterocycles. The van der Waals surface area contributed by atoms with Crippen molar-refractivity contribution in [2.75, 3.05) is 28.2 Å². The van der Waals surface area contributed by atoms with E-state index >= 15 is 0 Å². The topological polar surface area (TPSA) is 30.0 Å². The van der Waals surface area contributed by atoms with E-state index in [4.69, 9.17) is 0 Å². The van der Waals surface area contributed by atoms with Gasteiger partial charge in [-0.2, -0.15) is 0 Å². The molecule has 0 bridgehead atoms. The van der Waals surface area contributed by atoms with Crippen molar-refractivity contribution < 1.29 is 9.96 Å². The quantitative estimate of drug-likeness (QED) is 0.427. The Balaban J connectivity index is -0.0000000800. The zero-order valence-electron chi connectivity index (χ0n) is 5.60. The molecule has 0 aromatic rings. The third-order valence-electron chi connectivity index (χ3n) is 0. The van der Waals surface area contributed by atoms with E-state index in [0.29, 0.717) is 0 Å². The van der Waals surface area contributed by atoms with Gasteiger partial charge in [0.2, 0.25) is 0 Å². The van der Waals surface area contributed by atoms with Gasteiger partial charge < -0.3 is 9.96 Å². The van der Waals surface area contributed by atoms with E-state index in [1.807, 2.05) is 0 Å². The Morgan fingerprint density at radius 3 is 0.857 bits per heavy atom. The maximum atomic E-state index is 2.12. The summed E-state index contributed by atoms with van der Waals surface area (Å²) < 4.78 is 1.00. The molecule has 2 nitrogen and oxygen atoms in total. The van der Waals surface area contributed by atoms with E-state index in [-0.39, 0.29) is 32.8 Å². The van der Waals surface area contributed by atoms with Crippen molar-refractivity contribution in [1.82, 2.24) is 0 Å². The summed E-state index contributed by atoms with van der Waals surface area (Å²) >= 11 is 0. The first-order valence-corrected chi connectivity index (χ1v) is 1.79. The molecular weight excluding hydrogens is 285 g/mol. The summed E-state index contributed by atoms with van der Waals surface area (Å²) in [5, 5.41) is 0. The number of hydrogen-bond donors (Lipinski definition) is 0. The Morgan fingerprint density at radius 2 is 0.857 bits per heavy atom. The van der Waals surface area contributed by atoms with Crippen LogP contribution in [-0.2, 0) is 0 Å². The van der Waals surface area contributed by atoms with Crippen LogP contribution in [0.1, 0.15) is 0 Å². The third-order valence-corrected chi connectivity index (χ3v) is 0. The van der Waals surface area contributed by atoms with Crippen LogP contribution in [0, 0.1) is 0 Å². The van der Waals surface area contributed by atoms with E-state index in [1.165, 1.54) is 0 Å². The average molecular weight is 300 g/mol. The van der Waals surface area contributed by atoms with Crippen molar-refractivity contribution in [3.63, 3.8) is 0 Å². The van der Waals surface area contributed by atoms with Crippen LogP contribution >= 0.6 is 0 Å². The fourth-order valence-electron chi connectivity index (χ4n) is 0. The second-order valence-electron chi connectivity index (χ2n) is 2.68. The summed E-state index contributed by atoms with van der Waals surface area (Å²) in [5.74, 6) is 0. The monoisotopic (exact) mass is 301 g/mol. The molecular formula is C4H15NOPb. The van der Waals surface area contributed by atoms with E-state index in [1.54, 1.807) is 0 Å². The van der Waals surface area contributed by atoms with Gasteiger partial charge in [0.05, 0.1) is 28.2 Å². The molecule has 0 aliphatic rings. The first-order valence-electron chi connectivity index (χ1n) is 1.79. The SMILES string of the molecule is C[N+](C)(C)C.[OH-].[PbH2]. The molecule has 0 amide bonds. The summed E-state index contributed by atoms with van der Waals surface area (Å²) in [4.78, 5) is 0. The first kappa shape index (κ1) is 15.7. The van der Waals surface area contributed by atoms with Crippen LogP contribution in [0.25, 0.3) is 0 Å². The van der Waals surface area contributed by atoms with Gasteiger partial charge in [-0.05, 0) is 0 Å². The Morgan fingerprint density at radius 1 is 0.857 bits per heavy atom. The van der Waals surface area contributed by atoms with Gasteiger partial charge in [0, 0.05) is 0 Å². The molecule has 2 radical (unpaired) electrons. The van der Waals surface area contributed by atoms with Gasteiger partial charge in [0.15, 0.2) is 0 Å². The molecule has 1 N–H and O–H groups in total. The average Bonchev–Trinajstić information content (AvgIpc) is 0.722. The van der Waals surface area contributed by atoms with Crippen molar-refractivity contribution >= 4 is 27.3 Å². The number of quaternary nitrogens is 1. The van der Waals surface area contributed by atoms with Crippen LogP contribution in [0.5, 0.6) is 0 Å². The van der Waals surface area contributed by atoms with Crippen LogP contribution < -0.4 is 0 Å². The standard InChI is InChI=1S/C4H12N.H2O.Pb.2H/c1-5(2,3)4;;;;/h1-4H3;1H2;;;/q+1;;;;/p-1. The minimum absolute atomic E-state index is 0. The normalized spacial score (nSPS) is 8.57. The van der Waals surface area contributed by atoms with Gasteiger partial charge in [-0.25, -0.2) is 0 Å². The van der Waals surface area contributed by atoms with Crippen LogP contribution in [0.2, 0.25) is 0 Å². The van der Waals surface area contributed by atoms with E-state index in [2.05, 4.69) is 28.2 Å². The van der Waals surface area contributed by atoms with Crippen LogP contribution in [0.3, 0.4) is 0 Å². The fraction of sp³-hybridized carbons (Fsp3) is 1.00. The Labute approximate surface area is 65.6 Å². The molecule has 0 saturated carbocycles. The van der Waals surface area contributed by atoms with Crippen molar-refractivity contribution in [3.8, 4) is 0 Å². The zero-order valence-corrected chi connectivity index (χ0v) is 11.1. The molecule has 0 aliphatic carbocycles. The van der Waals surface area contributed by atoms with Crippen LogP contribution in [0.15, 0.2) is 0 Å². The minimum atomic E-state index is 0. The van der Waals surface area contributed by atoms with Gasteiger partial charge in [0.1, 0.15) is 0 Å². The fourth-order valence-corrected chi connectivity index (χ4v) is 0. The summed E-state index contributed by atoms with van der Waals surface area (Å²) in [7, 11) is 8.50. The van der Waals surface area contributed by atoms with Gasteiger partial charge in [-0.1, -0.05) is 0 Å². The van der Waals surface area contributed by atoms with Crippen LogP contribution in [0.4, 0.5) is 0 Å².